The molecule has 0 aliphatic heterocycles. The van der Waals surface area contributed by atoms with Crippen molar-refractivity contribution in [2.75, 3.05) is 7.11 Å². The van der Waals surface area contributed by atoms with Gasteiger partial charge in [0.1, 0.15) is 17.4 Å². The molecule has 1 aromatic carbocycles. The van der Waals surface area contributed by atoms with Gasteiger partial charge in [0, 0.05) is 13.0 Å². The minimum Gasteiger partial charge on any atom is -0.495 e. The standard InChI is InChI=1S/C20H25N5O3S/c1-6-13-18(26)21-20(29-11-16-22-23-17(12(2)3)24(16)4)25(19(13)27)14-9-7-8-10-15(14)28-5/h7-10,12,26H,6,11H2,1-5H3. The molecule has 0 aliphatic rings. The molecule has 0 saturated heterocycles. The van der Waals surface area contributed by atoms with Gasteiger partial charge >= 0.3 is 0 Å². The van der Waals surface area contributed by atoms with Crippen LogP contribution in [0, 0.1) is 0 Å². The van der Waals surface area contributed by atoms with Gasteiger partial charge in [-0.05, 0) is 18.6 Å². The second-order valence-electron chi connectivity index (χ2n) is 6.84. The summed E-state index contributed by atoms with van der Waals surface area (Å²) in [5, 5.41) is 19.2. The molecule has 29 heavy (non-hydrogen) atoms. The molecule has 0 unspecified atom stereocenters. The molecular formula is C20H25N5O3S. The minimum atomic E-state index is -0.312. The monoisotopic (exact) mass is 415 g/mol. The van der Waals surface area contributed by atoms with Gasteiger partial charge in [0.25, 0.3) is 5.56 Å². The third-order valence-corrected chi connectivity index (χ3v) is 5.58. The van der Waals surface area contributed by atoms with Crippen molar-refractivity contribution in [3.8, 4) is 17.3 Å². The lowest BCUT2D eigenvalue weighted by molar-refractivity contribution is 0.408. The summed E-state index contributed by atoms with van der Waals surface area (Å²) in [4.78, 5) is 17.5. The molecule has 0 amide bonds. The van der Waals surface area contributed by atoms with Crippen LogP contribution in [0.25, 0.3) is 5.69 Å². The number of nitrogens with zero attached hydrogens (tertiary/aromatic N) is 5. The molecule has 9 heteroatoms. The summed E-state index contributed by atoms with van der Waals surface area (Å²) in [6.07, 6.45) is 0.374. The zero-order chi connectivity index (χ0) is 21.1. The number of aromatic hydroxyl groups is 1. The first-order valence-corrected chi connectivity index (χ1v) is 10.4. The van der Waals surface area contributed by atoms with Crippen molar-refractivity contribution in [1.82, 2.24) is 24.3 Å². The summed E-state index contributed by atoms with van der Waals surface area (Å²) in [5.41, 5.74) is 0.527. The summed E-state index contributed by atoms with van der Waals surface area (Å²) in [7, 11) is 3.47. The van der Waals surface area contributed by atoms with Crippen LogP contribution < -0.4 is 10.3 Å². The minimum absolute atomic E-state index is 0.244. The van der Waals surface area contributed by atoms with E-state index < -0.39 is 0 Å². The van der Waals surface area contributed by atoms with E-state index in [1.807, 2.05) is 30.7 Å². The maximum atomic E-state index is 13.1. The van der Waals surface area contributed by atoms with Crippen molar-refractivity contribution in [2.45, 2.75) is 44.0 Å². The molecule has 154 valence electrons. The zero-order valence-corrected chi connectivity index (χ0v) is 18.0. The van der Waals surface area contributed by atoms with E-state index in [1.165, 1.54) is 16.3 Å². The van der Waals surface area contributed by atoms with Crippen LogP contribution in [0.4, 0.5) is 0 Å². The number of methoxy groups -OCH3 is 1. The Bertz CT molecular complexity index is 1070. The fraction of sp³-hybridized carbons (Fsp3) is 0.400. The lowest BCUT2D eigenvalue weighted by Gasteiger charge is -2.16. The van der Waals surface area contributed by atoms with Crippen molar-refractivity contribution in [3.05, 3.63) is 51.8 Å². The van der Waals surface area contributed by atoms with Crippen molar-refractivity contribution in [1.29, 1.82) is 0 Å². The number of hydrogen-bond donors (Lipinski definition) is 1. The predicted octanol–water partition coefficient (Wildman–Crippen LogP) is 3.05. The molecule has 0 bridgehead atoms. The molecule has 3 aromatic rings. The lowest BCUT2D eigenvalue weighted by atomic mass is 10.2. The van der Waals surface area contributed by atoms with E-state index in [0.717, 1.165) is 11.6 Å². The van der Waals surface area contributed by atoms with Gasteiger partial charge in [-0.25, -0.2) is 0 Å². The Kier molecular flexibility index (Phi) is 6.26. The molecule has 0 radical (unpaired) electrons. The first kappa shape index (κ1) is 20.9. The van der Waals surface area contributed by atoms with Crippen LogP contribution in [0.2, 0.25) is 0 Å². The van der Waals surface area contributed by atoms with Crippen LogP contribution >= 0.6 is 11.8 Å². The number of hydrogen-bond acceptors (Lipinski definition) is 7. The summed E-state index contributed by atoms with van der Waals surface area (Å²) in [5.74, 6) is 2.66. The molecule has 0 aliphatic carbocycles. The van der Waals surface area contributed by atoms with E-state index in [9.17, 15) is 9.90 Å². The summed E-state index contributed by atoms with van der Waals surface area (Å²) in [6, 6.07) is 7.24. The lowest BCUT2D eigenvalue weighted by Crippen LogP contribution is -2.25. The Hall–Kier alpha value is -2.81. The molecule has 0 spiro atoms. The van der Waals surface area contributed by atoms with Crippen molar-refractivity contribution >= 4 is 11.8 Å². The number of thioether (sulfide) groups is 1. The third kappa shape index (κ3) is 4.00. The van der Waals surface area contributed by atoms with Gasteiger partial charge in [0.15, 0.2) is 5.16 Å². The van der Waals surface area contributed by atoms with Gasteiger partial charge < -0.3 is 14.4 Å². The molecule has 8 nitrogen and oxygen atoms in total. The first-order chi connectivity index (χ1) is 13.9. The highest BCUT2D eigenvalue weighted by molar-refractivity contribution is 7.98. The van der Waals surface area contributed by atoms with Crippen LogP contribution in [-0.4, -0.2) is 36.5 Å². The van der Waals surface area contributed by atoms with Crippen LogP contribution in [0.1, 0.15) is 43.9 Å². The molecule has 1 N–H and O–H groups in total. The van der Waals surface area contributed by atoms with Crippen LogP contribution in [0.3, 0.4) is 0 Å². The normalized spacial score (nSPS) is 11.2. The first-order valence-electron chi connectivity index (χ1n) is 9.38. The highest BCUT2D eigenvalue weighted by atomic mass is 32.2. The Labute approximate surface area is 173 Å². The van der Waals surface area contributed by atoms with E-state index in [2.05, 4.69) is 29.0 Å². The van der Waals surface area contributed by atoms with E-state index in [0.29, 0.717) is 28.8 Å². The molecule has 0 atom stereocenters. The number of benzene rings is 1. The number of para-hydroxylation sites is 2. The van der Waals surface area contributed by atoms with E-state index >= 15 is 0 Å². The Morgan fingerprint density at radius 2 is 1.97 bits per heavy atom. The summed E-state index contributed by atoms with van der Waals surface area (Å²) >= 11 is 1.31. The maximum Gasteiger partial charge on any atom is 0.265 e. The number of rotatable bonds is 7. The Morgan fingerprint density at radius 1 is 1.24 bits per heavy atom. The SMILES string of the molecule is CCc1c(O)nc(SCc2nnc(C(C)C)n2C)n(-c2ccccc2OC)c1=O. The summed E-state index contributed by atoms with van der Waals surface area (Å²) in [6.45, 7) is 5.93. The molecule has 0 fully saturated rings. The largest absolute Gasteiger partial charge is 0.495 e. The number of aromatic nitrogens is 5. The van der Waals surface area contributed by atoms with Gasteiger partial charge in [-0.3, -0.25) is 9.36 Å². The predicted molar refractivity (Wildman–Crippen MR) is 112 cm³/mol. The van der Waals surface area contributed by atoms with Gasteiger partial charge in [0.05, 0.1) is 24.1 Å². The van der Waals surface area contributed by atoms with E-state index in [1.54, 1.807) is 19.2 Å². The van der Waals surface area contributed by atoms with Crippen molar-refractivity contribution in [2.24, 2.45) is 7.05 Å². The Balaban J connectivity index is 2.08. The van der Waals surface area contributed by atoms with Crippen LogP contribution in [0.15, 0.2) is 34.2 Å². The number of ether oxygens (including phenoxy) is 1. The smallest absolute Gasteiger partial charge is 0.265 e. The van der Waals surface area contributed by atoms with Crippen molar-refractivity contribution < 1.29 is 9.84 Å². The summed E-state index contributed by atoms with van der Waals surface area (Å²) < 4.78 is 8.88. The van der Waals surface area contributed by atoms with Gasteiger partial charge in [0.2, 0.25) is 5.88 Å². The molecular weight excluding hydrogens is 390 g/mol. The molecule has 2 heterocycles. The highest BCUT2D eigenvalue weighted by Gasteiger charge is 2.20. The third-order valence-electron chi connectivity index (χ3n) is 4.65. The van der Waals surface area contributed by atoms with E-state index in [4.69, 9.17) is 4.74 Å². The van der Waals surface area contributed by atoms with Gasteiger partial charge in [-0.15, -0.1) is 10.2 Å². The van der Waals surface area contributed by atoms with Crippen LogP contribution in [0.5, 0.6) is 11.6 Å². The highest BCUT2D eigenvalue weighted by Crippen LogP contribution is 2.29. The van der Waals surface area contributed by atoms with Gasteiger partial charge in [-0.2, -0.15) is 4.98 Å². The second-order valence-corrected chi connectivity index (χ2v) is 7.78. The molecule has 3 rings (SSSR count). The van der Waals surface area contributed by atoms with Crippen LogP contribution in [-0.2, 0) is 19.2 Å². The second kappa shape index (κ2) is 8.69. The fourth-order valence-corrected chi connectivity index (χ4v) is 4.06. The Morgan fingerprint density at radius 3 is 2.59 bits per heavy atom. The topological polar surface area (TPSA) is 95.1 Å². The molecule has 0 saturated carbocycles. The van der Waals surface area contributed by atoms with Crippen molar-refractivity contribution in [3.63, 3.8) is 0 Å². The average molecular weight is 416 g/mol. The molecule has 2 aromatic heterocycles. The zero-order valence-electron chi connectivity index (χ0n) is 17.2. The quantitative estimate of drug-likeness (QED) is 0.468. The fourth-order valence-electron chi connectivity index (χ4n) is 3.09. The van der Waals surface area contributed by atoms with E-state index in [-0.39, 0.29) is 22.9 Å². The average Bonchev–Trinajstić information content (AvgIpc) is 3.07. The van der Waals surface area contributed by atoms with Gasteiger partial charge in [-0.1, -0.05) is 44.7 Å². The maximum absolute atomic E-state index is 13.1.